The molecule has 3 rings (SSSR count). The second kappa shape index (κ2) is 4.63. The lowest BCUT2D eigenvalue weighted by atomic mass is 9.99. The van der Waals surface area contributed by atoms with Crippen LogP contribution in [0.3, 0.4) is 0 Å². The van der Waals surface area contributed by atoms with Crippen LogP contribution >= 0.6 is 0 Å². The molecule has 0 saturated carbocycles. The number of carbonyl (C=O) groups is 1. The molecule has 20 heavy (non-hydrogen) atoms. The van der Waals surface area contributed by atoms with Crippen molar-refractivity contribution in [3.8, 4) is 5.75 Å². The van der Waals surface area contributed by atoms with Crippen molar-refractivity contribution in [2.75, 3.05) is 11.9 Å². The SMILES string of the molecule is Cc1ccc(C2Oc3cccnc3N(C)C2=O)c(C)c1. The lowest BCUT2D eigenvalue weighted by Crippen LogP contribution is -2.39. The minimum absolute atomic E-state index is 0.0943. The predicted molar refractivity (Wildman–Crippen MR) is 76.9 cm³/mol. The largest absolute Gasteiger partial charge is 0.472 e. The van der Waals surface area contributed by atoms with Gasteiger partial charge in [-0.05, 0) is 31.5 Å². The van der Waals surface area contributed by atoms with Crippen molar-refractivity contribution in [3.63, 3.8) is 0 Å². The average molecular weight is 268 g/mol. The molecule has 1 aromatic carbocycles. The maximum Gasteiger partial charge on any atom is 0.273 e. The van der Waals surface area contributed by atoms with Gasteiger partial charge in [-0.1, -0.05) is 23.8 Å². The van der Waals surface area contributed by atoms with Crippen LogP contribution in [0, 0.1) is 13.8 Å². The number of rotatable bonds is 1. The molecule has 2 aromatic rings. The van der Waals surface area contributed by atoms with Crippen molar-refractivity contribution in [1.82, 2.24) is 4.98 Å². The number of aromatic nitrogens is 1. The zero-order valence-corrected chi connectivity index (χ0v) is 11.8. The van der Waals surface area contributed by atoms with Crippen molar-refractivity contribution in [3.05, 3.63) is 53.2 Å². The molecular formula is C16H16N2O2. The second-order valence-corrected chi connectivity index (χ2v) is 5.08. The summed E-state index contributed by atoms with van der Waals surface area (Å²) in [5.74, 6) is 1.11. The fraction of sp³-hybridized carbons (Fsp3) is 0.250. The van der Waals surface area contributed by atoms with Crippen LogP contribution in [0.2, 0.25) is 0 Å². The predicted octanol–water partition coefficient (Wildman–Crippen LogP) is 2.79. The first kappa shape index (κ1) is 12.7. The summed E-state index contributed by atoms with van der Waals surface area (Å²) >= 11 is 0. The molecule has 0 radical (unpaired) electrons. The van der Waals surface area contributed by atoms with Gasteiger partial charge in [0.25, 0.3) is 5.91 Å². The Bertz CT molecular complexity index is 682. The van der Waals surface area contributed by atoms with E-state index in [9.17, 15) is 4.79 Å². The van der Waals surface area contributed by atoms with E-state index >= 15 is 0 Å². The number of benzene rings is 1. The number of nitrogens with zero attached hydrogens (tertiary/aromatic N) is 2. The second-order valence-electron chi connectivity index (χ2n) is 5.08. The van der Waals surface area contributed by atoms with E-state index in [1.54, 1.807) is 18.1 Å². The van der Waals surface area contributed by atoms with Crippen molar-refractivity contribution in [2.24, 2.45) is 0 Å². The van der Waals surface area contributed by atoms with Gasteiger partial charge in [-0.15, -0.1) is 0 Å². The molecule has 4 heteroatoms. The highest BCUT2D eigenvalue weighted by Crippen LogP contribution is 2.37. The van der Waals surface area contributed by atoms with Gasteiger partial charge in [0.1, 0.15) is 0 Å². The average Bonchev–Trinajstić information content (AvgIpc) is 2.43. The topological polar surface area (TPSA) is 42.4 Å². The number of pyridine rings is 1. The monoisotopic (exact) mass is 268 g/mol. The van der Waals surface area contributed by atoms with Crippen LogP contribution in [-0.2, 0) is 4.79 Å². The quantitative estimate of drug-likeness (QED) is 0.798. The van der Waals surface area contributed by atoms with Crippen LogP contribution in [0.4, 0.5) is 5.82 Å². The summed E-state index contributed by atoms with van der Waals surface area (Å²) in [6.45, 7) is 4.03. The third kappa shape index (κ3) is 1.93. The molecule has 0 N–H and O–H groups in total. The maximum atomic E-state index is 12.5. The smallest absolute Gasteiger partial charge is 0.273 e. The molecule has 1 aliphatic rings. The Balaban J connectivity index is 2.06. The fourth-order valence-corrected chi connectivity index (χ4v) is 2.50. The number of hydrogen-bond acceptors (Lipinski definition) is 3. The van der Waals surface area contributed by atoms with Gasteiger partial charge in [-0.2, -0.15) is 0 Å². The highest BCUT2D eigenvalue weighted by Gasteiger charge is 2.34. The number of aryl methyl sites for hydroxylation is 2. The van der Waals surface area contributed by atoms with Crippen LogP contribution in [0.1, 0.15) is 22.8 Å². The van der Waals surface area contributed by atoms with Gasteiger partial charge >= 0.3 is 0 Å². The highest BCUT2D eigenvalue weighted by atomic mass is 16.5. The Morgan fingerprint density at radius 1 is 1.25 bits per heavy atom. The summed E-state index contributed by atoms with van der Waals surface area (Å²) in [5, 5.41) is 0. The third-order valence-corrected chi connectivity index (χ3v) is 3.58. The van der Waals surface area contributed by atoms with E-state index in [-0.39, 0.29) is 5.91 Å². The summed E-state index contributed by atoms with van der Waals surface area (Å²) in [6, 6.07) is 9.66. The molecule has 102 valence electrons. The zero-order chi connectivity index (χ0) is 14.3. The summed E-state index contributed by atoms with van der Waals surface area (Å²) < 4.78 is 5.87. The van der Waals surface area contributed by atoms with Crippen molar-refractivity contribution in [2.45, 2.75) is 20.0 Å². The third-order valence-electron chi connectivity index (χ3n) is 3.58. The van der Waals surface area contributed by atoms with E-state index in [2.05, 4.69) is 11.1 Å². The number of anilines is 1. The number of carbonyl (C=O) groups excluding carboxylic acids is 1. The summed E-state index contributed by atoms with van der Waals surface area (Å²) in [4.78, 5) is 18.2. The van der Waals surface area contributed by atoms with E-state index < -0.39 is 6.10 Å². The van der Waals surface area contributed by atoms with E-state index in [1.165, 1.54) is 5.56 Å². The molecule has 0 aliphatic carbocycles. The van der Waals surface area contributed by atoms with Crippen LogP contribution in [0.15, 0.2) is 36.5 Å². The molecule has 1 aliphatic heterocycles. The lowest BCUT2D eigenvalue weighted by molar-refractivity contribution is -0.126. The standard InChI is InChI=1S/C16H16N2O2/c1-10-6-7-12(11(2)9-10)14-16(19)18(3)15-13(20-14)5-4-8-17-15/h4-9,14H,1-3H3. The Hall–Kier alpha value is -2.36. The van der Waals surface area contributed by atoms with Gasteiger partial charge in [0, 0.05) is 18.8 Å². The van der Waals surface area contributed by atoms with Crippen LogP contribution in [0.5, 0.6) is 5.75 Å². The molecule has 4 nitrogen and oxygen atoms in total. The minimum Gasteiger partial charge on any atom is -0.472 e. The normalized spacial score (nSPS) is 17.6. The molecule has 1 aromatic heterocycles. The van der Waals surface area contributed by atoms with Gasteiger partial charge in [0.15, 0.2) is 11.6 Å². The number of fused-ring (bicyclic) bond motifs is 1. The Labute approximate surface area is 118 Å². The molecule has 1 atom stereocenters. The molecule has 0 spiro atoms. The maximum absolute atomic E-state index is 12.5. The fourth-order valence-electron chi connectivity index (χ4n) is 2.50. The molecule has 0 bridgehead atoms. The van der Waals surface area contributed by atoms with Crippen LogP contribution in [0.25, 0.3) is 0 Å². The molecule has 2 heterocycles. The van der Waals surface area contributed by atoms with E-state index in [0.29, 0.717) is 11.6 Å². The van der Waals surface area contributed by atoms with Crippen molar-refractivity contribution in [1.29, 1.82) is 0 Å². The van der Waals surface area contributed by atoms with Crippen LogP contribution < -0.4 is 9.64 Å². The Morgan fingerprint density at radius 3 is 2.80 bits per heavy atom. The van der Waals surface area contributed by atoms with Crippen molar-refractivity contribution >= 4 is 11.7 Å². The van der Waals surface area contributed by atoms with Crippen molar-refractivity contribution < 1.29 is 9.53 Å². The number of amides is 1. The number of likely N-dealkylation sites (N-methyl/N-ethyl adjacent to an activating group) is 1. The van der Waals surface area contributed by atoms with E-state index in [4.69, 9.17) is 4.74 Å². The first-order valence-electron chi connectivity index (χ1n) is 6.54. The number of hydrogen-bond donors (Lipinski definition) is 0. The van der Waals surface area contributed by atoms with Crippen LogP contribution in [-0.4, -0.2) is 17.9 Å². The van der Waals surface area contributed by atoms with Gasteiger partial charge < -0.3 is 4.74 Å². The zero-order valence-electron chi connectivity index (χ0n) is 11.8. The van der Waals surface area contributed by atoms with Gasteiger partial charge in [0.05, 0.1) is 0 Å². The molecule has 1 unspecified atom stereocenters. The molecule has 1 amide bonds. The summed E-state index contributed by atoms with van der Waals surface area (Å²) in [6.07, 6.45) is 1.06. The summed E-state index contributed by atoms with van der Waals surface area (Å²) in [7, 11) is 1.73. The van der Waals surface area contributed by atoms with E-state index in [1.807, 2.05) is 38.1 Å². The first-order valence-corrected chi connectivity index (χ1v) is 6.54. The molecule has 0 fully saturated rings. The number of ether oxygens (including phenoxy) is 1. The molecule has 0 saturated heterocycles. The Kier molecular flexibility index (Phi) is 2.93. The molecular weight excluding hydrogens is 252 g/mol. The summed E-state index contributed by atoms with van der Waals surface area (Å²) in [5.41, 5.74) is 3.14. The minimum atomic E-state index is -0.600. The van der Waals surface area contributed by atoms with Gasteiger partial charge in [0.2, 0.25) is 6.10 Å². The highest BCUT2D eigenvalue weighted by molar-refractivity contribution is 5.99. The van der Waals surface area contributed by atoms with Gasteiger partial charge in [-0.25, -0.2) is 4.98 Å². The van der Waals surface area contributed by atoms with E-state index in [0.717, 1.165) is 11.1 Å². The lowest BCUT2D eigenvalue weighted by Gasteiger charge is -2.31. The first-order chi connectivity index (χ1) is 9.58. The Morgan fingerprint density at radius 2 is 2.05 bits per heavy atom. The van der Waals surface area contributed by atoms with Gasteiger partial charge in [-0.3, -0.25) is 9.69 Å².